The van der Waals surface area contributed by atoms with E-state index in [1.165, 1.54) is 6.20 Å². The molecular weight excluding hydrogens is 381 g/mol. The van der Waals surface area contributed by atoms with Crippen molar-refractivity contribution in [2.75, 3.05) is 29.9 Å². The van der Waals surface area contributed by atoms with Gasteiger partial charge in [0, 0.05) is 38.1 Å². The lowest BCUT2D eigenvalue weighted by atomic mass is 10.1. The first-order chi connectivity index (χ1) is 14.0. The van der Waals surface area contributed by atoms with E-state index in [1.54, 1.807) is 24.4 Å². The van der Waals surface area contributed by atoms with Crippen molar-refractivity contribution >= 4 is 11.6 Å². The molecule has 1 aliphatic rings. The van der Waals surface area contributed by atoms with Crippen LogP contribution in [0.25, 0.3) is 11.5 Å². The second-order valence-corrected chi connectivity index (χ2v) is 6.84. The molecule has 0 spiro atoms. The second-order valence-electron chi connectivity index (χ2n) is 6.84. The van der Waals surface area contributed by atoms with Crippen molar-refractivity contribution in [3.05, 3.63) is 60.6 Å². The molecule has 3 aromatic rings. The summed E-state index contributed by atoms with van der Waals surface area (Å²) in [6.07, 6.45) is -0.485. The molecule has 4 rings (SSSR count). The molecular formula is C20H19F3N6. The smallest absolute Gasteiger partial charge is 0.370 e. The van der Waals surface area contributed by atoms with Crippen LogP contribution in [0.3, 0.4) is 0 Å². The lowest BCUT2D eigenvalue weighted by molar-refractivity contribution is -0.141. The first-order valence-electron chi connectivity index (χ1n) is 9.26. The van der Waals surface area contributed by atoms with E-state index in [9.17, 15) is 13.2 Å². The molecule has 0 aromatic carbocycles. The molecule has 0 amide bonds. The summed E-state index contributed by atoms with van der Waals surface area (Å²) in [4.78, 5) is 18.2. The topological polar surface area (TPSA) is 66.8 Å². The standard InChI is InChI=1S/C20H19F3N6/c21-20(22,23)16-11-18(28-19(27-16)15-5-1-3-8-24-15)29-10-7-14(13-29)12-26-17-6-2-4-9-25-17/h1-6,8-9,11,14H,7,10,12-13H2,(H,25,26). The van der Waals surface area contributed by atoms with Gasteiger partial charge < -0.3 is 10.2 Å². The van der Waals surface area contributed by atoms with E-state index >= 15 is 0 Å². The van der Waals surface area contributed by atoms with Gasteiger partial charge in [0.1, 0.15) is 17.3 Å². The first-order valence-corrected chi connectivity index (χ1v) is 9.26. The maximum atomic E-state index is 13.4. The van der Waals surface area contributed by atoms with Gasteiger partial charge in [-0.1, -0.05) is 12.1 Å². The number of nitrogens with one attached hydrogen (secondary N) is 1. The fraction of sp³-hybridized carbons (Fsp3) is 0.300. The van der Waals surface area contributed by atoms with Gasteiger partial charge >= 0.3 is 6.18 Å². The van der Waals surface area contributed by atoms with Crippen molar-refractivity contribution in [3.63, 3.8) is 0 Å². The van der Waals surface area contributed by atoms with E-state index in [1.807, 2.05) is 23.1 Å². The third kappa shape index (κ3) is 4.61. The van der Waals surface area contributed by atoms with E-state index in [-0.39, 0.29) is 17.6 Å². The molecule has 1 saturated heterocycles. The van der Waals surface area contributed by atoms with Crippen molar-refractivity contribution < 1.29 is 13.2 Å². The molecule has 4 heterocycles. The minimum atomic E-state index is -4.55. The van der Waals surface area contributed by atoms with Gasteiger partial charge in [0.05, 0.1) is 0 Å². The molecule has 9 heteroatoms. The molecule has 1 atom stereocenters. The zero-order valence-corrected chi connectivity index (χ0v) is 15.5. The highest BCUT2D eigenvalue weighted by atomic mass is 19.4. The third-order valence-electron chi connectivity index (χ3n) is 4.74. The molecule has 1 unspecified atom stereocenters. The maximum absolute atomic E-state index is 13.4. The molecule has 1 fully saturated rings. The average molecular weight is 400 g/mol. The van der Waals surface area contributed by atoms with Crippen molar-refractivity contribution in [1.82, 2.24) is 19.9 Å². The quantitative estimate of drug-likeness (QED) is 0.701. The Labute approximate surface area is 165 Å². The Morgan fingerprint density at radius 1 is 1.03 bits per heavy atom. The Hall–Kier alpha value is -3.23. The summed E-state index contributed by atoms with van der Waals surface area (Å²) in [5, 5.41) is 3.27. The van der Waals surface area contributed by atoms with Crippen molar-refractivity contribution in [1.29, 1.82) is 0 Å². The zero-order valence-electron chi connectivity index (χ0n) is 15.5. The fourth-order valence-electron chi connectivity index (χ4n) is 3.27. The van der Waals surface area contributed by atoms with Crippen molar-refractivity contribution in [3.8, 4) is 11.5 Å². The Balaban J connectivity index is 1.53. The van der Waals surface area contributed by atoms with Crippen LogP contribution < -0.4 is 10.2 Å². The number of pyridine rings is 2. The SMILES string of the molecule is FC(F)(F)c1cc(N2CCC(CNc3ccccn3)C2)nc(-c2ccccn2)n1. The van der Waals surface area contributed by atoms with Gasteiger partial charge in [0.2, 0.25) is 0 Å². The van der Waals surface area contributed by atoms with Gasteiger partial charge in [0.15, 0.2) is 11.5 Å². The molecule has 0 bridgehead atoms. The fourth-order valence-corrected chi connectivity index (χ4v) is 3.27. The van der Waals surface area contributed by atoms with Crippen LogP contribution in [-0.2, 0) is 6.18 Å². The summed E-state index contributed by atoms with van der Waals surface area (Å²) < 4.78 is 40.2. The van der Waals surface area contributed by atoms with Crippen LogP contribution in [0.2, 0.25) is 0 Å². The van der Waals surface area contributed by atoms with Gasteiger partial charge in [-0.25, -0.2) is 15.0 Å². The zero-order chi connectivity index (χ0) is 20.3. The van der Waals surface area contributed by atoms with Crippen LogP contribution in [0.5, 0.6) is 0 Å². The minimum Gasteiger partial charge on any atom is -0.370 e. The Bertz CT molecular complexity index is 949. The lowest BCUT2D eigenvalue weighted by Gasteiger charge is -2.20. The van der Waals surface area contributed by atoms with Gasteiger partial charge in [-0.2, -0.15) is 13.2 Å². The summed E-state index contributed by atoms with van der Waals surface area (Å²) in [7, 11) is 0. The van der Waals surface area contributed by atoms with Crippen LogP contribution in [-0.4, -0.2) is 39.6 Å². The third-order valence-corrected chi connectivity index (χ3v) is 4.74. The van der Waals surface area contributed by atoms with Crippen molar-refractivity contribution in [2.45, 2.75) is 12.6 Å². The van der Waals surface area contributed by atoms with Crippen LogP contribution in [0.4, 0.5) is 24.8 Å². The maximum Gasteiger partial charge on any atom is 0.433 e. The van der Waals surface area contributed by atoms with E-state index in [0.29, 0.717) is 25.3 Å². The highest BCUT2D eigenvalue weighted by Gasteiger charge is 2.35. The number of anilines is 2. The summed E-state index contributed by atoms with van der Waals surface area (Å²) in [5.74, 6) is 1.31. The lowest BCUT2D eigenvalue weighted by Crippen LogP contribution is -2.24. The number of nitrogens with zero attached hydrogens (tertiary/aromatic N) is 5. The average Bonchev–Trinajstić information content (AvgIpc) is 3.22. The van der Waals surface area contributed by atoms with Crippen LogP contribution in [0.1, 0.15) is 12.1 Å². The Morgan fingerprint density at radius 2 is 1.83 bits per heavy atom. The summed E-state index contributed by atoms with van der Waals surface area (Å²) in [6.45, 7) is 1.93. The number of aromatic nitrogens is 4. The second kappa shape index (κ2) is 8.02. The van der Waals surface area contributed by atoms with E-state index in [0.717, 1.165) is 18.3 Å². The number of hydrogen-bond donors (Lipinski definition) is 1. The summed E-state index contributed by atoms with van der Waals surface area (Å²) in [6, 6.07) is 11.6. The van der Waals surface area contributed by atoms with E-state index < -0.39 is 11.9 Å². The predicted molar refractivity (Wildman–Crippen MR) is 103 cm³/mol. The summed E-state index contributed by atoms with van der Waals surface area (Å²) >= 11 is 0. The van der Waals surface area contributed by atoms with E-state index in [2.05, 4.69) is 25.3 Å². The highest BCUT2D eigenvalue weighted by Crippen LogP contribution is 2.32. The number of hydrogen-bond acceptors (Lipinski definition) is 6. The Kier molecular flexibility index (Phi) is 5.28. The molecule has 0 aliphatic carbocycles. The molecule has 3 aromatic heterocycles. The molecule has 6 nitrogen and oxygen atoms in total. The number of alkyl halides is 3. The highest BCUT2D eigenvalue weighted by molar-refractivity contribution is 5.54. The summed E-state index contributed by atoms with van der Waals surface area (Å²) in [5.41, 5.74) is -0.648. The van der Waals surface area contributed by atoms with Gasteiger partial charge in [0.25, 0.3) is 0 Å². The monoisotopic (exact) mass is 400 g/mol. The van der Waals surface area contributed by atoms with Crippen LogP contribution >= 0.6 is 0 Å². The molecule has 0 saturated carbocycles. The predicted octanol–water partition coefficient (Wildman–Crippen LogP) is 3.89. The van der Waals surface area contributed by atoms with Crippen LogP contribution in [0, 0.1) is 5.92 Å². The van der Waals surface area contributed by atoms with Gasteiger partial charge in [-0.05, 0) is 36.6 Å². The molecule has 1 N–H and O–H groups in total. The normalized spacial score (nSPS) is 16.8. The van der Waals surface area contributed by atoms with Gasteiger partial charge in [-0.3, -0.25) is 4.98 Å². The largest absolute Gasteiger partial charge is 0.433 e. The minimum absolute atomic E-state index is 0.0227. The molecule has 1 aliphatic heterocycles. The molecule has 0 radical (unpaired) electrons. The number of halogens is 3. The van der Waals surface area contributed by atoms with Crippen molar-refractivity contribution in [2.24, 2.45) is 5.92 Å². The van der Waals surface area contributed by atoms with E-state index in [4.69, 9.17) is 0 Å². The number of rotatable bonds is 5. The molecule has 29 heavy (non-hydrogen) atoms. The van der Waals surface area contributed by atoms with Crippen LogP contribution in [0.15, 0.2) is 54.9 Å². The van der Waals surface area contributed by atoms with Gasteiger partial charge in [-0.15, -0.1) is 0 Å². The first kappa shape index (κ1) is 19.1. The molecule has 150 valence electrons. The Morgan fingerprint density at radius 3 is 2.52 bits per heavy atom.